The van der Waals surface area contributed by atoms with Gasteiger partial charge >= 0.3 is 6.09 Å². The highest BCUT2D eigenvalue weighted by molar-refractivity contribution is 6.40. The summed E-state index contributed by atoms with van der Waals surface area (Å²) in [5.74, 6) is -0.493. The van der Waals surface area contributed by atoms with Crippen LogP contribution in [-0.4, -0.2) is 28.2 Å². The van der Waals surface area contributed by atoms with Gasteiger partial charge in [-0.1, -0.05) is 53.5 Å². The van der Waals surface area contributed by atoms with Gasteiger partial charge in [-0.25, -0.2) is 15.2 Å². The predicted octanol–water partition coefficient (Wildman–Crippen LogP) is 2.58. The van der Waals surface area contributed by atoms with E-state index in [4.69, 9.17) is 27.9 Å². The first-order valence-electron chi connectivity index (χ1n) is 7.18. The van der Waals surface area contributed by atoms with Crippen LogP contribution in [0.1, 0.15) is 12.0 Å². The molecule has 128 valence electrons. The third-order valence-electron chi connectivity index (χ3n) is 3.04. The molecule has 24 heavy (non-hydrogen) atoms. The first kappa shape index (κ1) is 18.1. The quantitative estimate of drug-likeness (QED) is 0.604. The number of benzene rings is 1. The Morgan fingerprint density at radius 2 is 1.92 bits per heavy atom. The second-order valence-electron chi connectivity index (χ2n) is 4.85. The Morgan fingerprint density at radius 1 is 1.17 bits per heavy atom. The predicted molar refractivity (Wildman–Crippen MR) is 89.6 cm³/mol. The number of imidazole rings is 1. The molecule has 0 fully saturated rings. The van der Waals surface area contributed by atoms with Crippen LogP contribution < -0.4 is 10.9 Å². The average molecular weight is 371 g/mol. The standard InChI is InChI=1S/C15H16Cl2N4O3/c16-13-14(17)21(10-18-13)9-12(22)19-20-15(23)24-8-4-7-11-5-2-1-3-6-11/h1-3,5-6,10H,4,7-9H2,(H,19,22)(H,20,23). The van der Waals surface area contributed by atoms with Crippen molar-refractivity contribution in [3.8, 4) is 0 Å². The van der Waals surface area contributed by atoms with E-state index in [1.165, 1.54) is 16.5 Å². The van der Waals surface area contributed by atoms with E-state index < -0.39 is 12.0 Å². The van der Waals surface area contributed by atoms with E-state index in [-0.39, 0.29) is 23.5 Å². The largest absolute Gasteiger partial charge is 0.448 e. The molecule has 9 heteroatoms. The summed E-state index contributed by atoms with van der Waals surface area (Å²) in [5, 5.41) is 0.255. The van der Waals surface area contributed by atoms with Crippen LogP contribution in [0.25, 0.3) is 0 Å². The summed E-state index contributed by atoms with van der Waals surface area (Å²) in [6.45, 7) is 0.117. The summed E-state index contributed by atoms with van der Waals surface area (Å²) in [5.41, 5.74) is 5.54. The van der Waals surface area contributed by atoms with E-state index in [0.717, 1.165) is 6.42 Å². The Bertz CT molecular complexity index is 691. The SMILES string of the molecule is O=C(Cn1cnc(Cl)c1Cl)NNC(=O)OCCCc1ccccc1. The Balaban J connectivity index is 1.60. The molecule has 0 spiro atoms. The number of nitrogens with one attached hydrogen (secondary N) is 2. The lowest BCUT2D eigenvalue weighted by Crippen LogP contribution is -2.43. The van der Waals surface area contributed by atoms with E-state index >= 15 is 0 Å². The molecule has 0 bridgehead atoms. The Morgan fingerprint density at radius 3 is 2.58 bits per heavy atom. The number of hydrogen-bond acceptors (Lipinski definition) is 4. The van der Waals surface area contributed by atoms with Crippen molar-refractivity contribution in [3.05, 3.63) is 52.5 Å². The Hall–Kier alpha value is -2.25. The van der Waals surface area contributed by atoms with Crippen molar-refractivity contribution >= 4 is 35.2 Å². The van der Waals surface area contributed by atoms with Crippen molar-refractivity contribution in [2.45, 2.75) is 19.4 Å². The monoisotopic (exact) mass is 370 g/mol. The molecule has 0 aliphatic heterocycles. The van der Waals surface area contributed by atoms with Gasteiger partial charge in [0, 0.05) is 0 Å². The van der Waals surface area contributed by atoms with Crippen molar-refractivity contribution in [2.24, 2.45) is 0 Å². The molecular formula is C15H16Cl2N4O3. The topological polar surface area (TPSA) is 85.3 Å². The van der Waals surface area contributed by atoms with Crippen LogP contribution in [0.4, 0.5) is 4.79 Å². The Kier molecular flexibility index (Phi) is 6.89. The van der Waals surface area contributed by atoms with Crippen LogP contribution >= 0.6 is 23.2 Å². The van der Waals surface area contributed by atoms with Crippen molar-refractivity contribution < 1.29 is 14.3 Å². The molecule has 0 aliphatic rings. The molecule has 2 aromatic rings. The van der Waals surface area contributed by atoms with Gasteiger partial charge in [-0.2, -0.15) is 0 Å². The molecule has 0 saturated heterocycles. The number of amides is 2. The maximum Gasteiger partial charge on any atom is 0.426 e. The van der Waals surface area contributed by atoms with Crippen LogP contribution in [0.2, 0.25) is 10.3 Å². The third kappa shape index (κ3) is 5.75. The van der Waals surface area contributed by atoms with E-state index in [1.807, 2.05) is 30.3 Å². The van der Waals surface area contributed by atoms with Gasteiger partial charge in [0.1, 0.15) is 11.7 Å². The highest BCUT2D eigenvalue weighted by atomic mass is 35.5. The van der Waals surface area contributed by atoms with Crippen LogP contribution in [0.15, 0.2) is 36.7 Å². The summed E-state index contributed by atoms with van der Waals surface area (Å²) in [7, 11) is 0. The number of aromatic nitrogens is 2. The molecule has 1 heterocycles. The van der Waals surface area contributed by atoms with E-state index in [0.29, 0.717) is 6.42 Å². The summed E-state index contributed by atoms with van der Waals surface area (Å²) >= 11 is 11.5. The molecule has 1 aromatic heterocycles. The summed E-state index contributed by atoms with van der Waals surface area (Å²) in [6, 6.07) is 9.87. The molecule has 0 radical (unpaired) electrons. The van der Waals surface area contributed by atoms with Gasteiger partial charge < -0.3 is 9.30 Å². The van der Waals surface area contributed by atoms with Crippen LogP contribution in [0.5, 0.6) is 0 Å². The molecule has 0 saturated carbocycles. The molecule has 2 N–H and O–H groups in total. The fourth-order valence-corrected chi connectivity index (χ4v) is 2.19. The maximum absolute atomic E-state index is 11.7. The minimum Gasteiger partial charge on any atom is -0.448 e. The van der Waals surface area contributed by atoms with Gasteiger partial charge in [0.05, 0.1) is 12.9 Å². The second-order valence-corrected chi connectivity index (χ2v) is 5.57. The van der Waals surface area contributed by atoms with Crippen molar-refractivity contribution in [2.75, 3.05) is 6.61 Å². The van der Waals surface area contributed by atoms with Crippen molar-refractivity contribution in [3.63, 3.8) is 0 Å². The maximum atomic E-state index is 11.7. The number of carbonyl (C=O) groups is 2. The number of rotatable bonds is 6. The van der Waals surface area contributed by atoms with Crippen LogP contribution in [-0.2, 0) is 22.5 Å². The zero-order valence-electron chi connectivity index (χ0n) is 12.7. The lowest BCUT2D eigenvalue weighted by Gasteiger charge is -2.09. The highest BCUT2D eigenvalue weighted by Crippen LogP contribution is 2.18. The molecule has 0 atom stereocenters. The molecular weight excluding hydrogens is 355 g/mol. The van der Waals surface area contributed by atoms with Gasteiger partial charge in [-0.15, -0.1) is 0 Å². The normalized spacial score (nSPS) is 10.2. The number of halogens is 2. The van der Waals surface area contributed by atoms with Gasteiger partial charge in [-0.05, 0) is 18.4 Å². The number of aryl methyl sites for hydroxylation is 1. The first-order valence-corrected chi connectivity index (χ1v) is 7.93. The number of hydrazine groups is 1. The summed E-state index contributed by atoms with van der Waals surface area (Å²) in [6.07, 6.45) is 2.09. The second kappa shape index (κ2) is 9.14. The zero-order valence-corrected chi connectivity index (χ0v) is 14.2. The van der Waals surface area contributed by atoms with Gasteiger partial charge in [0.2, 0.25) is 0 Å². The van der Waals surface area contributed by atoms with E-state index in [2.05, 4.69) is 15.8 Å². The minimum atomic E-state index is -0.730. The minimum absolute atomic E-state index is 0.107. The van der Waals surface area contributed by atoms with Gasteiger partial charge in [-0.3, -0.25) is 10.2 Å². The van der Waals surface area contributed by atoms with E-state index in [9.17, 15) is 9.59 Å². The lowest BCUT2D eigenvalue weighted by atomic mass is 10.1. The molecule has 0 unspecified atom stereocenters. The fraction of sp³-hybridized carbons (Fsp3) is 0.267. The summed E-state index contributed by atoms with van der Waals surface area (Å²) in [4.78, 5) is 26.9. The molecule has 1 aromatic carbocycles. The number of hydrogen-bond donors (Lipinski definition) is 2. The Labute approximate surface area is 148 Å². The average Bonchev–Trinajstić information content (AvgIpc) is 2.90. The zero-order chi connectivity index (χ0) is 17.4. The summed E-state index contributed by atoms with van der Waals surface area (Å²) < 4.78 is 6.30. The molecule has 2 rings (SSSR count). The molecule has 7 nitrogen and oxygen atoms in total. The fourth-order valence-electron chi connectivity index (χ4n) is 1.89. The van der Waals surface area contributed by atoms with Gasteiger partial charge in [0.15, 0.2) is 5.15 Å². The van der Waals surface area contributed by atoms with Crippen LogP contribution in [0.3, 0.4) is 0 Å². The molecule has 2 amide bonds. The highest BCUT2D eigenvalue weighted by Gasteiger charge is 2.11. The van der Waals surface area contributed by atoms with Crippen molar-refractivity contribution in [1.29, 1.82) is 0 Å². The lowest BCUT2D eigenvalue weighted by molar-refractivity contribution is -0.122. The number of carbonyl (C=O) groups excluding carboxylic acids is 2. The van der Waals surface area contributed by atoms with Crippen LogP contribution in [0, 0.1) is 0 Å². The van der Waals surface area contributed by atoms with Crippen molar-refractivity contribution in [1.82, 2.24) is 20.4 Å². The first-order chi connectivity index (χ1) is 11.6. The molecule has 0 aliphatic carbocycles. The number of ether oxygens (including phenoxy) is 1. The van der Waals surface area contributed by atoms with E-state index in [1.54, 1.807) is 0 Å². The number of nitrogens with zero attached hydrogens (tertiary/aromatic N) is 2. The smallest absolute Gasteiger partial charge is 0.426 e. The van der Waals surface area contributed by atoms with Gasteiger partial charge in [0.25, 0.3) is 5.91 Å². The third-order valence-corrected chi connectivity index (χ3v) is 3.81.